The number of aryl methyl sites for hydroxylation is 1. The minimum absolute atomic E-state index is 0.00472. The number of halogens is 1. The first-order chi connectivity index (χ1) is 12.6. The Morgan fingerprint density at radius 2 is 2.12 bits per heavy atom. The van der Waals surface area contributed by atoms with Gasteiger partial charge in [-0.1, -0.05) is 6.42 Å². The molecule has 2 heterocycles. The highest BCUT2D eigenvalue weighted by atomic mass is 19.1. The van der Waals surface area contributed by atoms with E-state index in [1.54, 1.807) is 19.1 Å². The molecule has 1 amide bonds. The highest BCUT2D eigenvalue weighted by Crippen LogP contribution is 2.31. The van der Waals surface area contributed by atoms with Crippen LogP contribution in [0.25, 0.3) is 0 Å². The van der Waals surface area contributed by atoms with E-state index in [4.69, 9.17) is 0 Å². The van der Waals surface area contributed by atoms with Crippen LogP contribution in [0.5, 0.6) is 0 Å². The Balaban J connectivity index is 1.48. The van der Waals surface area contributed by atoms with Gasteiger partial charge in [0, 0.05) is 43.5 Å². The second-order valence-electron chi connectivity index (χ2n) is 7.79. The average molecular weight is 355 g/mol. The standard InChI is InChI=1S/C21H26FN3O/c1-15-12-17(7-8-19(15)22)21(26)25-10-3-6-18(14-25)20-23-9-11-24(20)13-16-4-2-5-16/h7-9,11-12,16,18H,2-6,10,13-14H2,1H3/t18-/m0/s1. The number of likely N-dealkylation sites (tertiary alicyclic amines) is 1. The van der Waals surface area contributed by atoms with E-state index in [9.17, 15) is 9.18 Å². The van der Waals surface area contributed by atoms with Crippen molar-refractivity contribution in [3.8, 4) is 0 Å². The molecule has 138 valence electrons. The lowest BCUT2D eigenvalue weighted by Gasteiger charge is -2.34. The lowest BCUT2D eigenvalue weighted by molar-refractivity contribution is 0.0702. The summed E-state index contributed by atoms with van der Waals surface area (Å²) in [5, 5.41) is 0. The van der Waals surface area contributed by atoms with Crippen molar-refractivity contribution in [2.75, 3.05) is 13.1 Å². The van der Waals surface area contributed by atoms with E-state index in [2.05, 4.69) is 15.7 Å². The number of carbonyl (C=O) groups excluding carboxylic acids is 1. The van der Waals surface area contributed by atoms with Gasteiger partial charge in [0.2, 0.25) is 0 Å². The summed E-state index contributed by atoms with van der Waals surface area (Å²) >= 11 is 0. The molecule has 5 heteroatoms. The Hall–Kier alpha value is -2.17. The molecule has 1 aliphatic carbocycles. The number of benzene rings is 1. The number of piperidine rings is 1. The van der Waals surface area contributed by atoms with Crippen LogP contribution in [0.3, 0.4) is 0 Å². The van der Waals surface area contributed by atoms with Gasteiger partial charge in [0.15, 0.2) is 0 Å². The highest BCUT2D eigenvalue weighted by molar-refractivity contribution is 5.94. The number of imidazole rings is 1. The maximum Gasteiger partial charge on any atom is 0.253 e. The number of hydrogen-bond donors (Lipinski definition) is 0. The summed E-state index contributed by atoms with van der Waals surface area (Å²) in [6, 6.07) is 4.62. The van der Waals surface area contributed by atoms with E-state index in [-0.39, 0.29) is 17.6 Å². The SMILES string of the molecule is Cc1cc(C(=O)N2CCC[C@H](c3nccn3CC3CCC3)C2)ccc1F. The fourth-order valence-corrected chi connectivity index (χ4v) is 4.12. The van der Waals surface area contributed by atoms with Crippen LogP contribution in [-0.2, 0) is 6.54 Å². The van der Waals surface area contributed by atoms with Crippen molar-refractivity contribution in [1.29, 1.82) is 0 Å². The van der Waals surface area contributed by atoms with E-state index >= 15 is 0 Å². The minimum atomic E-state index is -0.268. The third-order valence-electron chi connectivity index (χ3n) is 5.91. The van der Waals surface area contributed by atoms with Gasteiger partial charge in [0.05, 0.1) is 0 Å². The molecule has 1 atom stereocenters. The molecule has 2 aliphatic rings. The molecular weight excluding hydrogens is 329 g/mol. The Labute approximate surface area is 154 Å². The van der Waals surface area contributed by atoms with E-state index in [1.165, 1.54) is 25.3 Å². The first-order valence-corrected chi connectivity index (χ1v) is 9.68. The van der Waals surface area contributed by atoms with Crippen LogP contribution in [0.1, 0.15) is 59.8 Å². The third kappa shape index (κ3) is 3.39. The molecule has 1 aliphatic heterocycles. The topological polar surface area (TPSA) is 38.1 Å². The van der Waals surface area contributed by atoms with Gasteiger partial charge in [-0.3, -0.25) is 4.79 Å². The van der Waals surface area contributed by atoms with Gasteiger partial charge in [-0.15, -0.1) is 0 Å². The molecule has 4 nitrogen and oxygen atoms in total. The first kappa shape index (κ1) is 17.3. The predicted octanol–water partition coefficient (Wildman–Crippen LogP) is 4.15. The summed E-state index contributed by atoms with van der Waals surface area (Å²) < 4.78 is 15.8. The zero-order valence-electron chi connectivity index (χ0n) is 15.3. The average Bonchev–Trinajstić information content (AvgIpc) is 3.08. The van der Waals surface area contributed by atoms with Crippen molar-refractivity contribution in [2.45, 2.75) is 51.5 Å². The number of carbonyl (C=O) groups is 1. The van der Waals surface area contributed by atoms with Crippen molar-refractivity contribution in [2.24, 2.45) is 5.92 Å². The van der Waals surface area contributed by atoms with Gasteiger partial charge in [-0.2, -0.15) is 0 Å². The van der Waals surface area contributed by atoms with Crippen molar-refractivity contribution < 1.29 is 9.18 Å². The molecule has 0 bridgehead atoms. The number of hydrogen-bond acceptors (Lipinski definition) is 2. The van der Waals surface area contributed by atoms with E-state index in [1.807, 2.05) is 11.1 Å². The Morgan fingerprint density at radius 3 is 2.85 bits per heavy atom. The number of nitrogens with zero attached hydrogens (tertiary/aromatic N) is 3. The van der Waals surface area contributed by atoms with Crippen molar-refractivity contribution >= 4 is 5.91 Å². The van der Waals surface area contributed by atoms with Crippen molar-refractivity contribution in [1.82, 2.24) is 14.5 Å². The van der Waals surface area contributed by atoms with Crippen LogP contribution >= 0.6 is 0 Å². The lowest BCUT2D eigenvalue weighted by Crippen LogP contribution is -2.40. The number of amides is 1. The second-order valence-corrected chi connectivity index (χ2v) is 7.79. The third-order valence-corrected chi connectivity index (χ3v) is 5.91. The van der Waals surface area contributed by atoms with Gasteiger partial charge in [-0.25, -0.2) is 9.37 Å². The zero-order chi connectivity index (χ0) is 18.1. The summed E-state index contributed by atoms with van der Waals surface area (Å²) in [6.45, 7) is 4.20. The molecule has 0 radical (unpaired) electrons. The summed E-state index contributed by atoms with van der Waals surface area (Å²) in [7, 11) is 0. The summed E-state index contributed by atoms with van der Waals surface area (Å²) in [5.41, 5.74) is 1.09. The van der Waals surface area contributed by atoms with Gasteiger partial charge < -0.3 is 9.47 Å². The summed E-state index contributed by atoms with van der Waals surface area (Å²) in [6.07, 6.45) is 9.99. The van der Waals surface area contributed by atoms with Crippen LogP contribution in [0, 0.1) is 18.7 Å². The van der Waals surface area contributed by atoms with Crippen molar-refractivity contribution in [3.63, 3.8) is 0 Å². The van der Waals surface area contributed by atoms with E-state index < -0.39 is 0 Å². The molecule has 2 aromatic rings. The van der Waals surface area contributed by atoms with E-state index in [0.717, 1.165) is 37.7 Å². The maximum atomic E-state index is 13.5. The molecule has 1 saturated carbocycles. The van der Waals surface area contributed by atoms with Crippen LogP contribution in [0.2, 0.25) is 0 Å². The number of rotatable bonds is 4. The molecule has 1 saturated heterocycles. The predicted molar refractivity (Wildman–Crippen MR) is 98.6 cm³/mol. The molecule has 0 unspecified atom stereocenters. The normalized spacial score (nSPS) is 20.8. The summed E-state index contributed by atoms with van der Waals surface area (Å²) in [5.74, 6) is 1.91. The summed E-state index contributed by atoms with van der Waals surface area (Å²) in [4.78, 5) is 19.4. The van der Waals surface area contributed by atoms with Gasteiger partial charge >= 0.3 is 0 Å². The largest absolute Gasteiger partial charge is 0.338 e. The maximum absolute atomic E-state index is 13.5. The smallest absolute Gasteiger partial charge is 0.253 e. The Bertz CT molecular complexity index is 796. The van der Waals surface area contributed by atoms with Gasteiger partial charge in [0.25, 0.3) is 5.91 Å². The first-order valence-electron chi connectivity index (χ1n) is 9.68. The zero-order valence-corrected chi connectivity index (χ0v) is 15.3. The lowest BCUT2D eigenvalue weighted by atomic mass is 9.85. The molecule has 0 spiro atoms. The number of aromatic nitrogens is 2. The highest BCUT2D eigenvalue weighted by Gasteiger charge is 2.29. The molecule has 1 aromatic heterocycles. The molecule has 2 fully saturated rings. The fraction of sp³-hybridized carbons (Fsp3) is 0.524. The second kappa shape index (κ2) is 7.22. The van der Waals surface area contributed by atoms with Crippen LogP contribution in [-0.4, -0.2) is 33.4 Å². The van der Waals surface area contributed by atoms with Crippen molar-refractivity contribution in [3.05, 3.63) is 53.4 Å². The molecule has 26 heavy (non-hydrogen) atoms. The molecule has 4 rings (SSSR count). The Morgan fingerprint density at radius 1 is 1.27 bits per heavy atom. The monoisotopic (exact) mass is 355 g/mol. The van der Waals surface area contributed by atoms with Crippen LogP contribution in [0.4, 0.5) is 4.39 Å². The quantitative estimate of drug-likeness (QED) is 0.826. The molecule has 0 N–H and O–H groups in total. The minimum Gasteiger partial charge on any atom is -0.338 e. The molecule has 1 aromatic carbocycles. The van der Waals surface area contributed by atoms with Crippen LogP contribution < -0.4 is 0 Å². The van der Waals surface area contributed by atoms with Gasteiger partial charge in [0.1, 0.15) is 11.6 Å². The molecular formula is C21H26FN3O. The fourth-order valence-electron chi connectivity index (χ4n) is 4.12. The van der Waals surface area contributed by atoms with E-state index in [0.29, 0.717) is 17.7 Å². The van der Waals surface area contributed by atoms with Gasteiger partial charge in [-0.05, 0) is 62.3 Å². The Kier molecular flexibility index (Phi) is 4.79. The van der Waals surface area contributed by atoms with Crippen LogP contribution in [0.15, 0.2) is 30.6 Å².